The van der Waals surface area contributed by atoms with Crippen molar-refractivity contribution in [2.24, 2.45) is 0 Å². The maximum Gasteiger partial charge on any atom is 0.322 e. The first-order valence-corrected chi connectivity index (χ1v) is 4.66. The molecule has 0 aromatic rings. The fourth-order valence-corrected chi connectivity index (χ4v) is 1.34. The Morgan fingerprint density at radius 1 is 1.91 bits per heavy atom. The highest BCUT2D eigenvalue weighted by molar-refractivity contribution is 7.97. The van der Waals surface area contributed by atoms with Crippen LogP contribution in [0.3, 0.4) is 0 Å². The van der Waals surface area contributed by atoms with Crippen LogP contribution in [0.2, 0.25) is 0 Å². The summed E-state index contributed by atoms with van der Waals surface area (Å²) in [4.78, 5) is 10.4. The van der Waals surface area contributed by atoms with E-state index in [9.17, 15) is 4.79 Å². The zero-order valence-corrected chi connectivity index (χ0v) is 7.70. The largest absolute Gasteiger partial charge is 0.480 e. The van der Waals surface area contributed by atoms with Gasteiger partial charge < -0.3 is 5.11 Å². The molecule has 0 amide bonds. The Morgan fingerprint density at radius 3 is 2.91 bits per heavy atom. The fourth-order valence-electron chi connectivity index (χ4n) is 0.373. The Bertz CT molecular complexity index is 141. The van der Waals surface area contributed by atoms with Crippen molar-refractivity contribution in [3.8, 4) is 0 Å². The van der Waals surface area contributed by atoms with Gasteiger partial charge >= 0.3 is 5.97 Å². The minimum Gasteiger partial charge on any atom is -0.480 e. The summed E-state index contributed by atoms with van der Waals surface area (Å²) >= 11 is 5.19. The Morgan fingerprint density at radius 2 is 2.55 bits per heavy atom. The van der Waals surface area contributed by atoms with Gasteiger partial charge in [0.1, 0.15) is 6.04 Å². The van der Waals surface area contributed by atoms with Gasteiger partial charge in [-0.2, -0.15) is 12.6 Å². The number of aliphatic carboxylic acids is 1. The van der Waals surface area contributed by atoms with Gasteiger partial charge in [-0.25, -0.2) is 4.72 Å². The van der Waals surface area contributed by atoms with Crippen molar-refractivity contribution in [2.75, 3.05) is 11.5 Å². The number of hydrogen-bond donors (Lipinski definition) is 3. The van der Waals surface area contributed by atoms with Crippen LogP contribution in [0.1, 0.15) is 0 Å². The number of hydrogen-bond acceptors (Lipinski definition) is 4. The van der Waals surface area contributed by atoms with Crippen LogP contribution in [0.4, 0.5) is 0 Å². The molecule has 0 spiro atoms. The third-order valence-electron chi connectivity index (χ3n) is 0.907. The van der Waals surface area contributed by atoms with E-state index in [1.54, 1.807) is 6.08 Å². The molecule has 64 valence electrons. The highest BCUT2D eigenvalue weighted by atomic mass is 32.2. The smallest absolute Gasteiger partial charge is 0.322 e. The van der Waals surface area contributed by atoms with E-state index in [1.165, 1.54) is 11.9 Å². The monoisotopic (exact) mass is 193 g/mol. The molecule has 0 saturated heterocycles. The van der Waals surface area contributed by atoms with Crippen molar-refractivity contribution >= 4 is 30.5 Å². The summed E-state index contributed by atoms with van der Waals surface area (Å²) in [5.74, 6) is 0.105. The predicted molar refractivity (Wildman–Crippen MR) is 51.1 cm³/mol. The quantitative estimate of drug-likeness (QED) is 0.253. The number of nitrogens with one attached hydrogen (secondary N) is 1. The summed E-state index contributed by atoms with van der Waals surface area (Å²) in [6, 6.07) is -0.580. The van der Waals surface area contributed by atoms with Gasteiger partial charge in [0.05, 0.1) is 0 Å². The van der Waals surface area contributed by atoms with Crippen LogP contribution in [0.5, 0.6) is 0 Å². The van der Waals surface area contributed by atoms with Crippen LogP contribution in [0.25, 0.3) is 0 Å². The number of rotatable bonds is 6. The Kier molecular flexibility index (Phi) is 6.49. The molecule has 0 bridgehead atoms. The predicted octanol–water partition coefficient (Wildman–Crippen LogP) is 0.793. The minimum absolute atomic E-state index is 0.291. The van der Waals surface area contributed by atoms with Crippen molar-refractivity contribution in [1.82, 2.24) is 4.72 Å². The lowest BCUT2D eigenvalue weighted by Gasteiger charge is -2.08. The standard InChI is InChI=1S/C6H11NO2S2/c1-2-3-11-7-5(4-10)6(8)9/h2,5,7,10H,1,3-4H2,(H,8,9)/t5-/m0/s1. The second kappa shape index (κ2) is 6.57. The lowest BCUT2D eigenvalue weighted by molar-refractivity contribution is -0.138. The van der Waals surface area contributed by atoms with Crippen molar-refractivity contribution in [3.63, 3.8) is 0 Å². The van der Waals surface area contributed by atoms with Crippen LogP contribution in [0, 0.1) is 0 Å². The van der Waals surface area contributed by atoms with Gasteiger partial charge in [-0.05, 0) is 0 Å². The zero-order chi connectivity index (χ0) is 8.69. The Labute approximate surface area is 75.8 Å². The second-order valence-electron chi connectivity index (χ2n) is 1.79. The molecule has 0 unspecified atom stereocenters. The van der Waals surface area contributed by atoms with Gasteiger partial charge in [0.15, 0.2) is 0 Å². The van der Waals surface area contributed by atoms with Crippen LogP contribution in [-0.2, 0) is 4.79 Å². The normalized spacial score (nSPS) is 12.5. The van der Waals surface area contributed by atoms with Gasteiger partial charge in [-0.15, -0.1) is 6.58 Å². The Balaban J connectivity index is 3.52. The molecular weight excluding hydrogens is 182 g/mol. The van der Waals surface area contributed by atoms with E-state index in [1.807, 2.05) is 0 Å². The second-order valence-corrected chi connectivity index (χ2v) is 3.01. The first-order valence-electron chi connectivity index (χ1n) is 3.04. The topological polar surface area (TPSA) is 49.3 Å². The van der Waals surface area contributed by atoms with E-state index >= 15 is 0 Å². The minimum atomic E-state index is -0.878. The Hall–Kier alpha value is -0.130. The van der Waals surface area contributed by atoms with E-state index in [0.717, 1.165) is 0 Å². The first-order chi connectivity index (χ1) is 5.22. The van der Waals surface area contributed by atoms with Crippen LogP contribution in [0.15, 0.2) is 12.7 Å². The van der Waals surface area contributed by atoms with Crippen LogP contribution >= 0.6 is 24.6 Å². The average Bonchev–Trinajstić information content (AvgIpc) is 1.97. The van der Waals surface area contributed by atoms with E-state index in [-0.39, 0.29) is 0 Å². The highest BCUT2D eigenvalue weighted by Crippen LogP contribution is 1.98. The molecule has 0 saturated carbocycles. The lowest BCUT2D eigenvalue weighted by atomic mass is 10.4. The first kappa shape index (κ1) is 10.9. The fraction of sp³-hybridized carbons (Fsp3) is 0.500. The summed E-state index contributed by atoms with van der Waals surface area (Å²) in [6.45, 7) is 3.50. The van der Waals surface area contributed by atoms with E-state index < -0.39 is 12.0 Å². The summed E-state index contributed by atoms with van der Waals surface area (Å²) in [6.07, 6.45) is 1.70. The molecule has 0 aromatic carbocycles. The van der Waals surface area contributed by atoms with Gasteiger partial charge in [0.25, 0.3) is 0 Å². The molecule has 0 heterocycles. The number of thiol groups is 1. The van der Waals surface area contributed by atoms with Gasteiger partial charge in [0.2, 0.25) is 0 Å². The molecular formula is C6H11NO2S2. The SMILES string of the molecule is C=CCSN[C@@H](CS)C(=O)O. The van der Waals surface area contributed by atoms with Gasteiger partial charge in [-0.1, -0.05) is 18.0 Å². The summed E-state index contributed by atoms with van der Waals surface area (Å²) in [5.41, 5.74) is 0. The maximum atomic E-state index is 10.4. The van der Waals surface area contributed by atoms with Crippen molar-refractivity contribution in [1.29, 1.82) is 0 Å². The van der Waals surface area contributed by atoms with E-state index in [0.29, 0.717) is 11.5 Å². The molecule has 0 aromatic heterocycles. The van der Waals surface area contributed by atoms with Gasteiger partial charge in [-0.3, -0.25) is 4.79 Å². The third kappa shape index (κ3) is 5.17. The molecule has 0 aliphatic carbocycles. The molecule has 0 aliphatic heterocycles. The average molecular weight is 193 g/mol. The lowest BCUT2D eigenvalue weighted by Crippen LogP contribution is -2.33. The third-order valence-corrected chi connectivity index (χ3v) is 2.13. The summed E-state index contributed by atoms with van der Waals surface area (Å²) in [7, 11) is 0. The molecule has 2 N–H and O–H groups in total. The molecule has 0 radical (unpaired) electrons. The van der Waals surface area contributed by atoms with Crippen molar-refractivity contribution in [3.05, 3.63) is 12.7 Å². The van der Waals surface area contributed by atoms with E-state index in [4.69, 9.17) is 5.11 Å². The van der Waals surface area contributed by atoms with Crippen LogP contribution < -0.4 is 4.72 Å². The molecule has 3 nitrogen and oxygen atoms in total. The van der Waals surface area contributed by atoms with E-state index in [2.05, 4.69) is 23.9 Å². The number of carbonyl (C=O) groups is 1. The molecule has 0 fully saturated rings. The van der Waals surface area contributed by atoms with Crippen molar-refractivity contribution in [2.45, 2.75) is 6.04 Å². The maximum absolute atomic E-state index is 10.4. The van der Waals surface area contributed by atoms with Crippen molar-refractivity contribution < 1.29 is 9.90 Å². The highest BCUT2D eigenvalue weighted by Gasteiger charge is 2.13. The number of carboxylic acid groups (broad SMARTS) is 1. The summed E-state index contributed by atoms with van der Waals surface area (Å²) in [5, 5.41) is 8.52. The molecule has 5 heteroatoms. The summed E-state index contributed by atoms with van der Waals surface area (Å²) < 4.78 is 2.74. The zero-order valence-electron chi connectivity index (χ0n) is 5.99. The molecule has 0 aliphatic rings. The molecule has 1 atom stereocenters. The number of carboxylic acids is 1. The molecule has 11 heavy (non-hydrogen) atoms. The molecule has 0 rings (SSSR count). The van der Waals surface area contributed by atoms with Crippen LogP contribution in [-0.4, -0.2) is 28.6 Å². The van der Waals surface area contributed by atoms with Gasteiger partial charge in [0, 0.05) is 11.5 Å².